The molecule has 1 fully saturated rings. The number of nitrogens with zero attached hydrogens (tertiary/aromatic N) is 2. The molecule has 0 spiro atoms. The second kappa shape index (κ2) is 6.83. The lowest BCUT2D eigenvalue weighted by Gasteiger charge is -2.20. The summed E-state index contributed by atoms with van der Waals surface area (Å²) < 4.78 is 0.673. The van der Waals surface area contributed by atoms with E-state index in [0.29, 0.717) is 15.5 Å². The zero-order chi connectivity index (χ0) is 15.4. The van der Waals surface area contributed by atoms with E-state index in [9.17, 15) is 10.0 Å². The molecular weight excluding hydrogens is 296 g/mol. The summed E-state index contributed by atoms with van der Waals surface area (Å²) in [7, 11) is 0. The highest BCUT2D eigenvalue weighted by molar-refractivity contribution is 7.99. The second-order valence-electron chi connectivity index (χ2n) is 5.30. The Morgan fingerprint density at radius 2 is 2.00 bits per heavy atom. The van der Waals surface area contributed by atoms with E-state index >= 15 is 0 Å². The van der Waals surface area contributed by atoms with Gasteiger partial charge >= 0.3 is 0 Å². The fourth-order valence-corrected chi connectivity index (χ4v) is 3.90. The SMILES string of the molecule is O=C(c1ccc[n+]([O-])c1)N1CCSC(c2ccccc2)CC1. The van der Waals surface area contributed by atoms with E-state index < -0.39 is 0 Å². The van der Waals surface area contributed by atoms with E-state index in [1.165, 1.54) is 18.0 Å². The van der Waals surface area contributed by atoms with Gasteiger partial charge in [-0.25, -0.2) is 0 Å². The fourth-order valence-electron chi connectivity index (χ4n) is 2.67. The molecule has 0 aliphatic carbocycles. The number of hydrogen-bond donors (Lipinski definition) is 0. The molecule has 1 aliphatic rings. The largest absolute Gasteiger partial charge is 0.619 e. The van der Waals surface area contributed by atoms with Gasteiger partial charge in [0.1, 0.15) is 5.56 Å². The Balaban J connectivity index is 1.69. The summed E-state index contributed by atoms with van der Waals surface area (Å²) in [5.41, 5.74) is 1.78. The number of aromatic nitrogens is 1. The Kier molecular flexibility index (Phi) is 4.63. The summed E-state index contributed by atoms with van der Waals surface area (Å²) in [5, 5.41) is 11.8. The van der Waals surface area contributed by atoms with Gasteiger partial charge in [-0.3, -0.25) is 4.79 Å². The summed E-state index contributed by atoms with van der Waals surface area (Å²) in [6, 6.07) is 13.7. The van der Waals surface area contributed by atoms with Crippen molar-refractivity contribution in [2.24, 2.45) is 0 Å². The third kappa shape index (κ3) is 3.42. The Labute approximate surface area is 134 Å². The summed E-state index contributed by atoms with van der Waals surface area (Å²) in [6.45, 7) is 1.44. The van der Waals surface area contributed by atoms with Gasteiger partial charge < -0.3 is 10.1 Å². The Hall–Kier alpha value is -2.01. The molecule has 1 unspecified atom stereocenters. The van der Waals surface area contributed by atoms with Gasteiger partial charge in [0.15, 0.2) is 12.4 Å². The minimum atomic E-state index is -0.0560. The number of carbonyl (C=O) groups excluding carboxylic acids is 1. The highest BCUT2D eigenvalue weighted by Crippen LogP contribution is 2.34. The van der Waals surface area contributed by atoms with E-state index in [1.807, 2.05) is 22.7 Å². The molecule has 1 aromatic carbocycles. The maximum Gasteiger partial charge on any atom is 0.259 e. The molecule has 1 amide bonds. The second-order valence-corrected chi connectivity index (χ2v) is 6.61. The minimum Gasteiger partial charge on any atom is -0.619 e. The van der Waals surface area contributed by atoms with Crippen LogP contribution in [0.25, 0.3) is 0 Å². The molecule has 5 heteroatoms. The lowest BCUT2D eigenvalue weighted by atomic mass is 10.1. The van der Waals surface area contributed by atoms with Crippen molar-refractivity contribution in [2.45, 2.75) is 11.7 Å². The van der Waals surface area contributed by atoms with Crippen LogP contribution in [-0.4, -0.2) is 29.6 Å². The monoisotopic (exact) mass is 314 g/mol. The van der Waals surface area contributed by atoms with Crippen molar-refractivity contribution in [3.63, 3.8) is 0 Å². The fraction of sp³-hybridized carbons (Fsp3) is 0.294. The van der Waals surface area contributed by atoms with Gasteiger partial charge in [0.05, 0.1) is 0 Å². The number of thioether (sulfide) groups is 1. The molecule has 3 rings (SSSR count). The van der Waals surface area contributed by atoms with Crippen LogP contribution in [0.3, 0.4) is 0 Å². The van der Waals surface area contributed by atoms with Crippen molar-refractivity contribution in [3.05, 3.63) is 71.2 Å². The smallest absolute Gasteiger partial charge is 0.259 e. The molecule has 2 aromatic rings. The third-order valence-corrected chi connectivity index (χ3v) is 5.15. The van der Waals surface area contributed by atoms with Gasteiger partial charge in [-0.1, -0.05) is 30.3 Å². The molecule has 1 saturated heterocycles. The van der Waals surface area contributed by atoms with E-state index in [1.54, 1.807) is 12.1 Å². The van der Waals surface area contributed by atoms with Gasteiger partial charge in [-0.05, 0) is 18.1 Å². The highest BCUT2D eigenvalue weighted by atomic mass is 32.2. The quantitative estimate of drug-likeness (QED) is 0.632. The van der Waals surface area contributed by atoms with Crippen LogP contribution in [0.4, 0.5) is 0 Å². The first-order valence-corrected chi connectivity index (χ1v) is 8.43. The van der Waals surface area contributed by atoms with Crippen LogP contribution in [0.15, 0.2) is 54.9 Å². The Morgan fingerprint density at radius 3 is 2.77 bits per heavy atom. The van der Waals surface area contributed by atoms with Crippen molar-refractivity contribution in [3.8, 4) is 0 Å². The van der Waals surface area contributed by atoms with E-state index in [-0.39, 0.29) is 5.91 Å². The van der Waals surface area contributed by atoms with Crippen LogP contribution >= 0.6 is 11.8 Å². The summed E-state index contributed by atoms with van der Waals surface area (Å²) >= 11 is 1.90. The van der Waals surface area contributed by atoms with Crippen LogP contribution in [0.5, 0.6) is 0 Å². The number of carbonyl (C=O) groups is 1. The van der Waals surface area contributed by atoms with Crippen molar-refractivity contribution >= 4 is 17.7 Å². The summed E-state index contributed by atoms with van der Waals surface area (Å²) in [6.07, 6.45) is 3.67. The molecule has 1 atom stereocenters. The molecule has 0 saturated carbocycles. The van der Waals surface area contributed by atoms with Gasteiger partial charge in [0, 0.05) is 30.2 Å². The van der Waals surface area contributed by atoms with Crippen LogP contribution < -0.4 is 4.73 Å². The van der Waals surface area contributed by atoms with Crippen molar-refractivity contribution in [1.82, 2.24) is 4.90 Å². The minimum absolute atomic E-state index is 0.0560. The average molecular weight is 314 g/mol. The Morgan fingerprint density at radius 1 is 1.18 bits per heavy atom. The molecule has 2 heterocycles. The molecule has 22 heavy (non-hydrogen) atoms. The van der Waals surface area contributed by atoms with E-state index in [4.69, 9.17) is 0 Å². The van der Waals surface area contributed by atoms with Crippen LogP contribution in [0.2, 0.25) is 0 Å². The molecule has 1 aromatic heterocycles. The normalized spacial score (nSPS) is 18.7. The lowest BCUT2D eigenvalue weighted by molar-refractivity contribution is -0.605. The van der Waals surface area contributed by atoms with Gasteiger partial charge in [0.25, 0.3) is 5.91 Å². The first-order valence-electron chi connectivity index (χ1n) is 7.39. The summed E-state index contributed by atoms with van der Waals surface area (Å²) in [5.74, 6) is 0.856. The van der Waals surface area contributed by atoms with Gasteiger partial charge in [-0.15, -0.1) is 0 Å². The molecule has 1 aliphatic heterocycles. The zero-order valence-corrected chi connectivity index (χ0v) is 13.0. The van der Waals surface area contributed by atoms with Crippen molar-refractivity contribution in [1.29, 1.82) is 0 Å². The number of benzene rings is 1. The van der Waals surface area contributed by atoms with Crippen molar-refractivity contribution in [2.75, 3.05) is 18.8 Å². The topological polar surface area (TPSA) is 47.2 Å². The number of amides is 1. The summed E-state index contributed by atoms with van der Waals surface area (Å²) in [4.78, 5) is 14.4. The molecule has 114 valence electrons. The molecule has 0 bridgehead atoms. The number of hydrogen-bond acceptors (Lipinski definition) is 3. The molecular formula is C17H18N2O2S. The Bertz CT molecular complexity index is 648. The predicted molar refractivity (Wildman–Crippen MR) is 87.6 cm³/mol. The molecule has 4 nitrogen and oxygen atoms in total. The predicted octanol–water partition coefficient (Wildman–Crippen LogP) is 2.64. The number of rotatable bonds is 2. The van der Waals surface area contributed by atoms with E-state index in [0.717, 1.165) is 25.3 Å². The van der Waals surface area contributed by atoms with Crippen LogP contribution in [0, 0.1) is 5.21 Å². The maximum atomic E-state index is 12.5. The lowest BCUT2D eigenvalue weighted by Crippen LogP contribution is -2.35. The van der Waals surface area contributed by atoms with Crippen LogP contribution in [-0.2, 0) is 0 Å². The average Bonchev–Trinajstić information content (AvgIpc) is 2.81. The van der Waals surface area contributed by atoms with E-state index in [2.05, 4.69) is 24.3 Å². The van der Waals surface area contributed by atoms with Crippen molar-refractivity contribution < 1.29 is 9.52 Å². The third-order valence-electron chi connectivity index (χ3n) is 3.82. The standard InChI is InChI=1S/C17H18N2O2S/c20-17(15-7-4-9-19(21)13-15)18-10-8-16(22-12-11-18)14-5-2-1-3-6-14/h1-7,9,13,16H,8,10-12H2. The van der Waals surface area contributed by atoms with Gasteiger partial charge in [0.2, 0.25) is 0 Å². The first kappa shape index (κ1) is 14.9. The maximum absolute atomic E-state index is 12.5. The number of pyridine rings is 1. The van der Waals surface area contributed by atoms with Crippen LogP contribution in [0.1, 0.15) is 27.6 Å². The molecule has 0 N–H and O–H groups in total. The molecule has 0 radical (unpaired) electrons. The first-order chi connectivity index (χ1) is 10.7. The van der Waals surface area contributed by atoms with Gasteiger partial charge in [-0.2, -0.15) is 16.5 Å². The zero-order valence-electron chi connectivity index (χ0n) is 12.2. The highest BCUT2D eigenvalue weighted by Gasteiger charge is 2.23.